The lowest BCUT2D eigenvalue weighted by Gasteiger charge is -2.53. The van der Waals surface area contributed by atoms with Gasteiger partial charge in [-0.15, -0.1) is 0 Å². The first-order valence-electron chi connectivity index (χ1n) is 22.6. The zero-order valence-corrected chi connectivity index (χ0v) is 44.2. The summed E-state index contributed by atoms with van der Waals surface area (Å²) in [5.74, 6) is 1.12. The standard InChI is InChI=1S/C25H38BrNO3S.C24H36BrNO4S/c1-8-18-15-24(13-12-22(18)29-7)16-19-10-11-20(26)14-21(19)25(24,17(3)30-9-2)27-31(28)23(4,5)6;1-7-16-14-23(12-11-20(16)29-6)15-17-9-10-18(25)13-19(17)24(23,21(27)30-8-2)26-31(28)22(3,4)5/h10-11,14,18,22,27H,3,8-9,12-13,15-16H2,1-2,4-7H3;9-10,13,16,20,26H,7-8,11-12,14-15H2,1-6H3/t18-,22-,24-,25-,31-;16-,20-,23-,24+,31-/m00/s1. The first kappa shape index (κ1) is 51.5. The minimum absolute atomic E-state index is 0.168. The molecule has 0 radical (unpaired) electrons. The molecule has 0 amide bonds. The third kappa shape index (κ3) is 9.54. The van der Waals surface area contributed by atoms with Crippen LogP contribution in [0.15, 0.2) is 57.7 Å². The summed E-state index contributed by atoms with van der Waals surface area (Å²) in [6.45, 7) is 25.3. The highest BCUT2D eigenvalue weighted by Crippen LogP contribution is 2.63. The van der Waals surface area contributed by atoms with Crippen molar-refractivity contribution in [3.05, 3.63) is 79.9 Å². The number of fused-ring (bicyclic) bond motifs is 2. The van der Waals surface area contributed by atoms with Gasteiger partial charge in [-0.3, -0.25) is 0 Å². The Hall–Kier alpha value is -1.45. The number of ether oxygens (including phenoxy) is 4. The van der Waals surface area contributed by atoms with Crippen LogP contribution in [0.25, 0.3) is 0 Å². The number of carbonyl (C=O) groups excluding carboxylic acids is 1. The van der Waals surface area contributed by atoms with E-state index in [9.17, 15) is 13.2 Å². The fourth-order valence-electron chi connectivity index (χ4n) is 11.2. The summed E-state index contributed by atoms with van der Waals surface area (Å²) in [4.78, 5) is 13.9. The summed E-state index contributed by atoms with van der Waals surface area (Å²) in [5, 5.41) is 0. The van der Waals surface area contributed by atoms with Crippen molar-refractivity contribution in [2.75, 3.05) is 27.4 Å². The minimum Gasteiger partial charge on any atom is -0.496 e. The van der Waals surface area contributed by atoms with Crippen LogP contribution in [0.5, 0.6) is 0 Å². The van der Waals surface area contributed by atoms with E-state index in [1.54, 1.807) is 7.11 Å². The van der Waals surface area contributed by atoms with E-state index in [0.29, 0.717) is 24.2 Å². The van der Waals surface area contributed by atoms with E-state index >= 15 is 0 Å². The van der Waals surface area contributed by atoms with Crippen molar-refractivity contribution in [1.29, 1.82) is 0 Å². The molecule has 0 aromatic heterocycles. The summed E-state index contributed by atoms with van der Waals surface area (Å²) in [7, 11) is 0.853. The monoisotopic (exact) mass is 1020 g/mol. The number of hydrogen-bond acceptors (Lipinski definition) is 7. The second-order valence-electron chi connectivity index (χ2n) is 19.9. The van der Waals surface area contributed by atoms with Crippen LogP contribution in [0.3, 0.4) is 0 Å². The number of rotatable bonds is 13. The Balaban J connectivity index is 0.000000234. The summed E-state index contributed by atoms with van der Waals surface area (Å²) in [6.07, 6.45) is 9.58. The highest BCUT2D eigenvalue weighted by molar-refractivity contribution is 9.10. The normalized spacial score (nSPS) is 31.5. The SMILES string of the molecule is C=C(OCC)[C@]1(N[S@@](=O)C(C)(C)C)c2cc(Br)ccc2C[C@@]12CC[C@H](OC)[C@@H](CC)C2.CCOC(=O)[C@]1(N[S@@](=O)C(C)(C)C)c2cc(Br)ccc2C[C@@]12CC[C@H](OC)[C@@H](CC)C2. The molecule has 2 aromatic carbocycles. The van der Waals surface area contributed by atoms with Gasteiger partial charge in [0.25, 0.3) is 0 Å². The smallest absolute Gasteiger partial charge is 0.332 e. The Labute approximate surface area is 395 Å². The molecule has 0 saturated heterocycles. The molecule has 2 saturated carbocycles. The zero-order chi connectivity index (χ0) is 46.1. The predicted octanol–water partition coefficient (Wildman–Crippen LogP) is 11.0. The number of benzene rings is 2. The maximum atomic E-state index is 13.9. The van der Waals surface area contributed by atoms with Crippen molar-refractivity contribution in [2.24, 2.45) is 22.7 Å². The van der Waals surface area contributed by atoms with Crippen LogP contribution in [-0.4, -0.2) is 63.5 Å². The van der Waals surface area contributed by atoms with Crippen LogP contribution in [0.2, 0.25) is 0 Å². The maximum Gasteiger partial charge on any atom is 0.332 e. The van der Waals surface area contributed by atoms with Crippen molar-refractivity contribution >= 4 is 59.8 Å². The van der Waals surface area contributed by atoms with Crippen LogP contribution in [0.1, 0.15) is 143 Å². The van der Waals surface area contributed by atoms with Gasteiger partial charge < -0.3 is 18.9 Å². The van der Waals surface area contributed by atoms with Gasteiger partial charge >= 0.3 is 5.97 Å². The average molecular weight is 1030 g/mol. The number of halogens is 2. The Morgan fingerprint density at radius 3 is 1.50 bits per heavy atom. The lowest BCUT2D eigenvalue weighted by atomic mass is 9.58. The Kier molecular flexibility index (Phi) is 16.8. The summed E-state index contributed by atoms with van der Waals surface area (Å²) in [6, 6.07) is 12.6. The summed E-state index contributed by atoms with van der Waals surface area (Å²) < 4.78 is 58.6. The third-order valence-electron chi connectivity index (χ3n) is 14.3. The molecule has 4 aliphatic rings. The highest BCUT2D eigenvalue weighted by Gasteiger charge is 2.66. The molecule has 13 heteroatoms. The van der Waals surface area contributed by atoms with Gasteiger partial charge in [-0.2, -0.15) is 0 Å². The van der Waals surface area contributed by atoms with Crippen LogP contribution in [0, 0.1) is 22.7 Å². The van der Waals surface area contributed by atoms with E-state index in [2.05, 4.69) is 86.0 Å². The van der Waals surface area contributed by atoms with Gasteiger partial charge in [-0.1, -0.05) is 77.3 Å². The molecule has 0 heterocycles. The molecule has 4 aliphatic carbocycles. The van der Waals surface area contributed by atoms with E-state index in [0.717, 1.165) is 89.8 Å². The lowest BCUT2D eigenvalue weighted by Crippen LogP contribution is -2.63. The maximum absolute atomic E-state index is 13.9. The molecule has 9 nitrogen and oxygen atoms in total. The quantitative estimate of drug-likeness (QED) is 0.152. The molecule has 2 N–H and O–H groups in total. The van der Waals surface area contributed by atoms with Crippen LogP contribution in [-0.2, 0) is 69.6 Å². The zero-order valence-electron chi connectivity index (χ0n) is 39.4. The molecule has 2 spiro atoms. The number of nitrogens with one attached hydrogen (secondary N) is 2. The van der Waals surface area contributed by atoms with Gasteiger partial charge in [-0.05, 0) is 165 Å². The predicted molar refractivity (Wildman–Crippen MR) is 260 cm³/mol. The molecule has 348 valence electrons. The average Bonchev–Trinajstić information content (AvgIpc) is 3.62. The Morgan fingerprint density at radius 2 is 1.11 bits per heavy atom. The van der Waals surface area contributed by atoms with E-state index in [1.807, 2.05) is 74.6 Å². The van der Waals surface area contributed by atoms with E-state index < -0.39 is 48.0 Å². The van der Waals surface area contributed by atoms with E-state index in [4.69, 9.17) is 18.9 Å². The first-order chi connectivity index (χ1) is 29.1. The van der Waals surface area contributed by atoms with Crippen LogP contribution < -0.4 is 9.44 Å². The summed E-state index contributed by atoms with van der Waals surface area (Å²) >= 11 is 7.27. The number of hydrogen-bond donors (Lipinski definition) is 2. The second-order valence-corrected chi connectivity index (χ2v) is 25.7. The van der Waals surface area contributed by atoms with Crippen molar-refractivity contribution in [3.63, 3.8) is 0 Å². The molecule has 6 rings (SSSR count). The molecule has 2 aromatic rings. The van der Waals surface area contributed by atoms with Gasteiger partial charge in [0.05, 0.1) is 56.9 Å². The van der Waals surface area contributed by atoms with E-state index in [1.165, 1.54) is 5.56 Å². The third-order valence-corrected chi connectivity index (χ3v) is 18.5. The number of esters is 1. The molecule has 2 fully saturated rings. The first-order valence-corrected chi connectivity index (χ1v) is 26.5. The topological polar surface area (TPSA) is 112 Å². The Bertz CT molecular complexity index is 1850. The van der Waals surface area contributed by atoms with Gasteiger partial charge in [0.15, 0.2) is 5.54 Å². The molecule has 0 unspecified atom stereocenters. The van der Waals surface area contributed by atoms with Crippen molar-refractivity contribution in [2.45, 2.75) is 166 Å². The van der Waals surface area contributed by atoms with Gasteiger partial charge in [0.2, 0.25) is 0 Å². The van der Waals surface area contributed by atoms with Crippen LogP contribution >= 0.6 is 31.9 Å². The molecular formula is C49H74Br2N2O7S2. The molecule has 0 aliphatic heterocycles. The fourth-order valence-corrected chi connectivity index (χ4v) is 13.9. The van der Waals surface area contributed by atoms with Crippen molar-refractivity contribution < 1.29 is 32.2 Å². The van der Waals surface area contributed by atoms with Gasteiger partial charge in [0.1, 0.15) is 11.3 Å². The van der Waals surface area contributed by atoms with Crippen LogP contribution in [0.4, 0.5) is 0 Å². The summed E-state index contributed by atoms with van der Waals surface area (Å²) in [5.41, 5.74) is 1.98. The number of carbonyl (C=O) groups is 1. The van der Waals surface area contributed by atoms with Crippen molar-refractivity contribution in [1.82, 2.24) is 9.44 Å². The molecule has 62 heavy (non-hydrogen) atoms. The largest absolute Gasteiger partial charge is 0.496 e. The second kappa shape index (κ2) is 20.2. The minimum atomic E-state index is -1.45. The Morgan fingerprint density at radius 1 is 0.710 bits per heavy atom. The molecule has 10 atom stereocenters. The van der Waals surface area contributed by atoms with E-state index in [-0.39, 0.29) is 30.2 Å². The highest BCUT2D eigenvalue weighted by atomic mass is 79.9. The van der Waals surface area contributed by atoms with Crippen molar-refractivity contribution in [3.8, 4) is 0 Å². The number of methoxy groups -OCH3 is 2. The molecular weight excluding hydrogens is 952 g/mol. The molecule has 0 bridgehead atoms. The van der Waals surface area contributed by atoms with Gasteiger partial charge in [0, 0.05) is 34.0 Å². The van der Waals surface area contributed by atoms with Gasteiger partial charge in [-0.25, -0.2) is 22.7 Å². The fraction of sp³-hybridized carbons (Fsp3) is 0.694. The lowest BCUT2D eigenvalue weighted by molar-refractivity contribution is -0.161.